The number of Topliss-reactive ketones (excluding diaryl/α,β-unsaturated/α-hetero) is 1. The van der Waals surface area contributed by atoms with Crippen LogP contribution in [0, 0.1) is 5.41 Å². The second kappa shape index (κ2) is 7.26. The number of carbonyl (C=O) groups excluding carboxylic acids is 1. The topological polar surface area (TPSA) is 53.4 Å². The Labute approximate surface area is 139 Å². The summed E-state index contributed by atoms with van der Waals surface area (Å²) < 4.78 is 5.48. The van der Waals surface area contributed by atoms with Crippen LogP contribution in [0.3, 0.4) is 0 Å². The summed E-state index contributed by atoms with van der Waals surface area (Å²) in [7, 11) is 3.79. The van der Waals surface area contributed by atoms with Crippen molar-refractivity contribution in [2.45, 2.75) is 44.9 Å². The Morgan fingerprint density at radius 3 is 2.48 bits per heavy atom. The number of ether oxygens (including phenoxy) is 1. The van der Waals surface area contributed by atoms with Gasteiger partial charge in [-0.3, -0.25) is 10.2 Å². The van der Waals surface area contributed by atoms with E-state index in [-0.39, 0.29) is 11.2 Å². The molecule has 1 aliphatic heterocycles. The number of aryl methyl sites for hydroxylation is 1. The molecule has 0 saturated carbocycles. The highest BCUT2D eigenvalue weighted by Gasteiger charge is 2.42. The molecule has 0 radical (unpaired) electrons. The molecule has 1 aromatic carbocycles. The molecule has 1 saturated heterocycles. The van der Waals surface area contributed by atoms with Crippen LogP contribution in [-0.4, -0.2) is 43.8 Å². The normalized spacial score (nSPS) is 15.8. The van der Waals surface area contributed by atoms with E-state index in [1.54, 1.807) is 0 Å². The van der Waals surface area contributed by atoms with Gasteiger partial charge < -0.3 is 9.64 Å². The van der Waals surface area contributed by atoms with E-state index in [9.17, 15) is 4.79 Å². The van der Waals surface area contributed by atoms with Gasteiger partial charge in [-0.1, -0.05) is 26.0 Å². The Kier molecular flexibility index (Phi) is 5.58. The number of benzene rings is 1. The molecule has 0 spiro atoms. The van der Waals surface area contributed by atoms with Crippen molar-refractivity contribution in [1.82, 2.24) is 4.90 Å². The first-order chi connectivity index (χ1) is 10.9. The van der Waals surface area contributed by atoms with Gasteiger partial charge in [-0.25, -0.2) is 0 Å². The molecule has 4 nitrogen and oxygen atoms in total. The van der Waals surface area contributed by atoms with Gasteiger partial charge in [0.25, 0.3) is 0 Å². The highest BCUT2D eigenvalue weighted by Crippen LogP contribution is 2.37. The summed E-state index contributed by atoms with van der Waals surface area (Å²) in [6, 6.07) is 6.26. The van der Waals surface area contributed by atoms with E-state index in [1.807, 2.05) is 25.9 Å². The first-order valence-electron chi connectivity index (χ1n) is 8.42. The van der Waals surface area contributed by atoms with Gasteiger partial charge in [0, 0.05) is 37.9 Å². The fraction of sp³-hybridized carbons (Fsp3) is 0.579. The molecule has 0 bridgehead atoms. The fourth-order valence-electron chi connectivity index (χ4n) is 3.03. The first kappa shape index (κ1) is 17.7. The highest BCUT2D eigenvalue weighted by atomic mass is 16.5. The number of amidine groups is 1. The lowest BCUT2D eigenvalue weighted by Crippen LogP contribution is -2.49. The highest BCUT2D eigenvalue weighted by molar-refractivity contribution is 5.97. The zero-order valence-corrected chi connectivity index (χ0v) is 14.7. The van der Waals surface area contributed by atoms with Crippen LogP contribution in [0.5, 0.6) is 0 Å². The number of carbonyl (C=O) groups is 1. The molecule has 0 unspecified atom stereocenters. The summed E-state index contributed by atoms with van der Waals surface area (Å²) in [6.45, 7) is 5.36. The molecule has 1 aromatic rings. The number of hydrogen-bond donors (Lipinski definition) is 1. The number of nitrogens with one attached hydrogen (secondary N) is 1. The largest absolute Gasteiger partial charge is 0.379 e. The molecule has 23 heavy (non-hydrogen) atoms. The van der Waals surface area contributed by atoms with Crippen LogP contribution >= 0.6 is 0 Å². The lowest BCUT2D eigenvalue weighted by molar-refractivity contribution is -0.0573. The maximum atomic E-state index is 12.5. The smallest absolute Gasteiger partial charge is 0.163 e. The van der Waals surface area contributed by atoms with Gasteiger partial charge in [-0.15, -0.1) is 0 Å². The van der Waals surface area contributed by atoms with E-state index in [0.29, 0.717) is 31.9 Å². The monoisotopic (exact) mass is 316 g/mol. The van der Waals surface area contributed by atoms with Crippen LogP contribution in [0.15, 0.2) is 18.2 Å². The van der Waals surface area contributed by atoms with Crippen molar-refractivity contribution in [3.05, 3.63) is 34.9 Å². The lowest BCUT2D eigenvalue weighted by Gasteiger charge is -2.43. The quantitative estimate of drug-likeness (QED) is 0.476. The van der Waals surface area contributed by atoms with Crippen LogP contribution in [-0.2, 0) is 16.6 Å². The Morgan fingerprint density at radius 1 is 1.30 bits per heavy atom. The minimum atomic E-state index is -0.158. The van der Waals surface area contributed by atoms with Crippen LogP contribution < -0.4 is 0 Å². The first-order valence-corrected chi connectivity index (χ1v) is 8.42. The number of nitrogens with zero attached hydrogens (tertiary/aromatic N) is 1. The summed E-state index contributed by atoms with van der Waals surface area (Å²) in [4.78, 5) is 14.3. The van der Waals surface area contributed by atoms with Crippen LogP contribution in [0.2, 0.25) is 0 Å². The minimum Gasteiger partial charge on any atom is -0.379 e. The fourth-order valence-corrected chi connectivity index (χ4v) is 3.03. The Balaban J connectivity index is 2.36. The van der Waals surface area contributed by atoms with E-state index in [4.69, 9.17) is 10.1 Å². The van der Waals surface area contributed by atoms with Crippen LogP contribution in [0.4, 0.5) is 0 Å². The van der Waals surface area contributed by atoms with Gasteiger partial charge in [0.15, 0.2) is 5.78 Å². The van der Waals surface area contributed by atoms with E-state index in [1.165, 1.54) is 0 Å². The maximum Gasteiger partial charge on any atom is 0.163 e. The van der Waals surface area contributed by atoms with Crippen molar-refractivity contribution < 1.29 is 9.53 Å². The third-order valence-electron chi connectivity index (χ3n) is 4.68. The van der Waals surface area contributed by atoms with Crippen LogP contribution in [0.1, 0.15) is 54.6 Å². The van der Waals surface area contributed by atoms with E-state index in [0.717, 1.165) is 29.5 Å². The van der Waals surface area contributed by atoms with Crippen molar-refractivity contribution in [1.29, 1.82) is 5.41 Å². The number of hydrogen-bond acceptors (Lipinski definition) is 3. The summed E-state index contributed by atoms with van der Waals surface area (Å²) >= 11 is 0. The van der Waals surface area contributed by atoms with Gasteiger partial charge in [0.05, 0.1) is 19.0 Å². The van der Waals surface area contributed by atoms with Gasteiger partial charge in [-0.05, 0) is 30.0 Å². The molecule has 2 rings (SSSR count). The van der Waals surface area contributed by atoms with E-state index in [2.05, 4.69) is 25.1 Å². The number of rotatable bonds is 7. The molecular weight excluding hydrogens is 288 g/mol. The molecule has 1 fully saturated rings. The molecule has 4 heteroatoms. The predicted octanol–water partition coefficient (Wildman–Crippen LogP) is 3.43. The maximum absolute atomic E-state index is 12.5. The van der Waals surface area contributed by atoms with Gasteiger partial charge >= 0.3 is 0 Å². The molecule has 1 N–H and O–H groups in total. The van der Waals surface area contributed by atoms with Crippen molar-refractivity contribution in [3.63, 3.8) is 0 Å². The Hall–Kier alpha value is -1.68. The average Bonchev–Trinajstić information content (AvgIpc) is 2.50. The molecule has 1 heterocycles. The van der Waals surface area contributed by atoms with E-state index >= 15 is 0 Å². The van der Waals surface area contributed by atoms with Crippen LogP contribution in [0.25, 0.3) is 0 Å². The second-order valence-corrected chi connectivity index (χ2v) is 6.69. The SMILES string of the molecule is CCCC(=O)c1cc(C2(CC(=N)N(C)C)COC2)ccc1CC. The zero-order valence-electron chi connectivity index (χ0n) is 14.7. The molecule has 1 aliphatic rings. The third-order valence-corrected chi connectivity index (χ3v) is 4.68. The van der Waals surface area contributed by atoms with Crippen molar-refractivity contribution >= 4 is 11.6 Å². The van der Waals surface area contributed by atoms with Gasteiger partial charge in [0.1, 0.15) is 0 Å². The summed E-state index contributed by atoms with van der Waals surface area (Å²) in [5, 5.41) is 8.17. The summed E-state index contributed by atoms with van der Waals surface area (Å²) in [5.41, 5.74) is 2.95. The van der Waals surface area contributed by atoms with Crippen molar-refractivity contribution in [2.75, 3.05) is 27.3 Å². The standard InChI is InChI=1S/C19H28N2O2/c1-5-7-17(22)16-10-15(9-8-14(16)6-2)19(12-23-13-19)11-18(20)21(3)4/h8-10,20H,5-7,11-13H2,1-4H3. The molecule has 126 valence electrons. The number of ketones is 1. The van der Waals surface area contributed by atoms with Crippen molar-refractivity contribution in [2.24, 2.45) is 0 Å². The Bertz CT molecular complexity index is 589. The Morgan fingerprint density at radius 2 is 2.00 bits per heavy atom. The predicted molar refractivity (Wildman–Crippen MR) is 93.6 cm³/mol. The third kappa shape index (κ3) is 3.63. The zero-order chi connectivity index (χ0) is 17.0. The minimum absolute atomic E-state index is 0.158. The average molecular weight is 316 g/mol. The molecule has 0 amide bonds. The molecule has 0 aromatic heterocycles. The van der Waals surface area contributed by atoms with Crippen molar-refractivity contribution in [3.8, 4) is 0 Å². The summed E-state index contributed by atoms with van der Waals surface area (Å²) in [6.07, 6.45) is 2.97. The van der Waals surface area contributed by atoms with Gasteiger partial charge in [-0.2, -0.15) is 0 Å². The lowest BCUT2D eigenvalue weighted by atomic mass is 9.74. The van der Waals surface area contributed by atoms with E-state index < -0.39 is 0 Å². The molecule has 0 aliphatic carbocycles. The molecular formula is C19H28N2O2. The van der Waals surface area contributed by atoms with Gasteiger partial charge in [0.2, 0.25) is 0 Å². The second-order valence-electron chi connectivity index (χ2n) is 6.69. The molecule has 0 atom stereocenters. The summed E-state index contributed by atoms with van der Waals surface area (Å²) in [5.74, 6) is 0.818.